The van der Waals surface area contributed by atoms with E-state index in [1.807, 2.05) is 24.3 Å². The highest BCUT2D eigenvalue weighted by molar-refractivity contribution is 5.93. The van der Waals surface area contributed by atoms with Crippen molar-refractivity contribution in [3.8, 4) is 5.75 Å². The summed E-state index contributed by atoms with van der Waals surface area (Å²) in [7, 11) is 3.29. The Morgan fingerprint density at radius 1 is 1.30 bits per heavy atom. The first kappa shape index (κ1) is 13.9. The third-order valence-corrected chi connectivity index (χ3v) is 2.97. The van der Waals surface area contributed by atoms with Gasteiger partial charge in [-0.15, -0.1) is 0 Å². The maximum absolute atomic E-state index is 12.2. The SMILES string of the molecule is COc1ccccc1CN(C)C(=O)c1cc[nH]c(=O)c1. The molecule has 0 aliphatic rings. The molecule has 1 aromatic heterocycles. The highest BCUT2D eigenvalue weighted by Crippen LogP contribution is 2.19. The van der Waals surface area contributed by atoms with Crippen LogP contribution in [0.3, 0.4) is 0 Å². The normalized spacial score (nSPS) is 10.1. The highest BCUT2D eigenvalue weighted by Gasteiger charge is 2.14. The average molecular weight is 272 g/mol. The fourth-order valence-corrected chi connectivity index (χ4v) is 1.96. The molecule has 104 valence electrons. The van der Waals surface area contributed by atoms with Crippen molar-refractivity contribution in [2.75, 3.05) is 14.2 Å². The van der Waals surface area contributed by atoms with Crippen LogP contribution in [-0.2, 0) is 6.54 Å². The molecule has 0 radical (unpaired) electrons. The van der Waals surface area contributed by atoms with Crippen LogP contribution in [0.1, 0.15) is 15.9 Å². The number of carbonyl (C=O) groups excluding carboxylic acids is 1. The van der Waals surface area contributed by atoms with E-state index >= 15 is 0 Å². The fourth-order valence-electron chi connectivity index (χ4n) is 1.96. The van der Waals surface area contributed by atoms with Crippen LogP contribution in [0.25, 0.3) is 0 Å². The van der Waals surface area contributed by atoms with Crippen LogP contribution >= 0.6 is 0 Å². The molecule has 5 heteroatoms. The van der Waals surface area contributed by atoms with Crippen molar-refractivity contribution >= 4 is 5.91 Å². The van der Waals surface area contributed by atoms with Crippen LogP contribution in [0.15, 0.2) is 47.4 Å². The second-order valence-electron chi connectivity index (χ2n) is 4.41. The summed E-state index contributed by atoms with van der Waals surface area (Å²) in [6.07, 6.45) is 1.46. The second-order valence-corrected chi connectivity index (χ2v) is 4.41. The molecule has 0 atom stereocenters. The summed E-state index contributed by atoms with van der Waals surface area (Å²) >= 11 is 0. The molecule has 0 aliphatic heterocycles. The first-order chi connectivity index (χ1) is 9.61. The lowest BCUT2D eigenvalue weighted by atomic mass is 10.1. The van der Waals surface area contributed by atoms with Gasteiger partial charge >= 0.3 is 0 Å². The third kappa shape index (κ3) is 3.06. The molecule has 0 aliphatic carbocycles. The number of carbonyl (C=O) groups is 1. The molecule has 0 unspecified atom stereocenters. The van der Waals surface area contributed by atoms with Crippen molar-refractivity contribution in [3.63, 3.8) is 0 Å². The fraction of sp³-hybridized carbons (Fsp3) is 0.200. The van der Waals surface area contributed by atoms with Gasteiger partial charge in [-0.3, -0.25) is 9.59 Å². The minimum absolute atomic E-state index is 0.206. The number of nitrogens with zero attached hydrogens (tertiary/aromatic N) is 1. The largest absolute Gasteiger partial charge is 0.496 e. The summed E-state index contributed by atoms with van der Waals surface area (Å²) in [6.45, 7) is 0.412. The number of methoxy groups -OCH3 is 1. The molecule has 0 saturated carbocycles. The lowest BCUT2D eigenvalue weighted by molar-refractivity contribution is 0.0784. The van der Waals surface area contributed by atoms with Crippen LogP contribution in [0, 0.1) is 0 Å². The Balaban J connectivity index is 2.17. The zero-order chi connectivity index (χ0) is 14.5. The van der Waals surface area contributed by atoms with E-state index in [9.17, 15) is 9.59 Å². The molecule has 0 saturated heterocycles. The van der Waals surface area contributed by atoms with Gasteiger partial charge < -0.3 is 14.6 Å². The number of H-pyrrole nitrogens is 1. The minimum Gasteiger partial charge on any atom is -0.496 e. The van der Waals surface area contributed by atoms with E-state index in [-0.39, 0.29) is 11.5 Å². The Hall–Kier alpha value is -2.56. The van der Waals surface area contributed by atoms with Gasteiger partial charge in [-0.2, -0.15) is 0 Å². The van der Waals surface area contributed by atoms with Crippen LogP contribution in [-0.4, -0.2) is 29.9 Å². The first-order valence-corrected chi connectivity index (χ1v) is 6.18. The number of aromatic amines is 1. The number of hydrogen-bond donors (Lipinski definition) is 1. The summed E-state index contributed by atoms with van der Waals surface area (Å²) in [6, 6.07) is 10.4. The molecule has 1 N–H and O–H groups in total. The first-order valence-electron chi connectivity index (χ1n) is 6.18. The van der Waals surface area contributed by atoms with Crippen LogP contribution in [0.4, 0.5) is 0 Å². The maximum Gasteiger partial charge on any atom is 0.254 e. The van der Waals surface area contributed by atoms with E-state index in [1.54, 1.807) is 25.1 Å². The molecular weight excluding hydrogens is 256 g/mol. The number of amides is 1. The topological polar surface area (TPSA) is 62.4 Å². The molecule has 2 aromatic rings. The monoisotopic (exact) mass is 272 g/mol. The quantitative estimate of drug-likeness (QED) is 0.920. The number of benzene rings is 1. The average Bonchev–Trinajstić information content (AvgIpc) is 2.47. The maximum atomic E-state index is 12.2. The third-order valence-electron chi connectivity index (χ3n) is 2.97. The van der Waals surface area contributed by atoms with Gasteiger partial charge in [-0.25, -0.2) is 0 Å². The Morgan fingerprint density at radius 2 is 2.05 bits per heavy atom. The Labute approximate surface area is 116 Å². The van der Waals surface area contributed by atoms with Gasteiger partial charge in [-0.1, -0.05) is 18.2 Å². The molecular formula is C15H16N2O3. The standard InChI is InChI=1S/C15H16N2O3/c1-17(10-12-5-3-4-6-13(12)20-2)15(19)11-7-8-16-14(18)9-11/h3-9H,10H2,1-2H3,(H,16,18). The van der Waals surface area contributed by atoms with Crippen LogP contribution in [0.5, 0.6) is 5.75 Å². The molecule has 0 bridgehead atoms. The number of pyridine rings is 1. The van der Waals surface area contributed by atoms with Crippen molar-refractivity contribution in [2.24, 2.45) is 0 Å². The number of para-hydroxylation sites is 1. The van der Waals surface area contributed by atoms with Gasteiger partial charge in [-0.05, 0) is 12.1 Å². The Morgan fingerprint density at radius 3 is 2.75 bits per heavy atom. The summed E-state index contributed by atoms with van der Waals surface area (Å²) < 4.78 is 5.26. The van der Waals surface area contributed by atoms with Gasteiger partial charge in [0, 0.05) is 37.0 Å². The second kappa shape index (κ2) is 6.06. The van der Waals surface area contributed by atoms with Crippen molar-refractivity contribution in [1.29, 1.82) is 0 Å². The summed E-state index contributed by atoms with van der Waals surface area (Å²) in [4.78, 5) is 27.5. The van der Waals surface area contributed by atoms with Crippen molar-refractivity contribution in [1.82, 2.24) is 9.88 Å². The molecule has 0 fully saturated rings. The van der Waals surface area contributed by atoms with Crippen molar-refractivity contribution < 1.29 is 9.53 Å². The van der Waals surface area contributed by atoms with E-state index in [2.05, 4.69) is 4.98 Å². The number of rotatable bonds is 4. The van der Waals surface area contributed by atoms with Crippen LogP contribution in [0.2, 0.25) is 0 Å². The predicted molar refractivity (Wildman–Crippen MR) is 75.9 cm³/mol. The minimum atomic E-state index is -0.290. The van der Waals surface area contributed by atoms with Gasteiger partial charge in [0.05, 0.1) is 7.11 Å². The van der Waals surface area contributed by atoms with Gasteiger partial charge in [0.25, 0.3) is 5.91 Å². The molecule has 5 nitrogen and oxygen atoms in total. The smallest absolute Gasteiger partial charge is 0.254 e. The zero-order valence-corrected chi connectivity index (χ0v) is 11.4. The molecule has 1 aromatic carbocycles. The van der Waals surface area contributed by atoms with Crippen molar-refractivity contribution in [2.45, 2.75) is 6.54 Å². The molecule has 1 amide bonds. The van der Waals surface area contributed by atoms with E-state index in [4.69, 9.17) is 4.74 Å². The number of hydrogen-bond acceptors (Lipinski definition) is 3. The van der Waals surface area contributed by atoms with Crippen molar-refractivity contribution in [3.05, 3.63) is 64.1 Å². The predicted octanol–water partition coefficient (Wildman–Crippen LogP) is 1.66. The number of aromatic nitrogens is 1. The zero-order valence-electron chi connectivity index (χ0n) is 11.4. The van der Waals surface area contributed by atoms with Gasteiger partial charge in [0.1, 0.15) is 5.75 Å². The van der Waals surface area contributed by atoms with E-state index in [0.29, 0.717) is 12.1 Å². The summed E-state index contributed by atoms with van der Waals surface area (Å²) in [5.41, 5.74) is 0.989. The van der Waals surface area contributed by atoms with E-state index in [1.165, 1.54) is 12.3 Å². The Bertz CT molecular complexity index is 664. The Kier molecular flexibility index (Phi) is 4.20. The summed E-state index contributed by atoms with van der Waals surface area (Å²) in [5.74, 6) is 0.528. The van der Waals surface area contributed by atoms with Gasteiger partial charge in [0.2, 0.25) is 5.56 Å². The summed E-state index contributed by atoms with van der Waals surface area (Å²) in [5, 5.41) is 0. The molecule has 0 spiro atoms. The van der Waals surface area contributed by atoms with E-state index in [0.717, 1.165) is 11.3 Å². The van der Waals surface area contributed by atoms with E-state index < -0.39 is 0 Å². The number of nitrogens with one attached hydrogen (secondary N) is 1. The molecule has 20 heavy (non-hydrogen) atoms. The lowest BCUT2D eigenvalue weighted by Crippen LogP contribution is -2.27. The highest BCUT2D eigenvalue weighted by atomic mass is 16.5. The van der Waals surface area contributed by atoms with Gasteiger partial charge in [0.15, 0.2) is 0 Å². The lowest BCUT2D eigenvalue weighted by Gasteiger charge is -2.18. The molecule has 2 rings (SSSR count). The molecule has 1 heterocycles. The number of ether oxygens (including phenoxy) is 1. The van der Waals surface area contributed by atoms with Crippen LogP contribution < -0.4 is 10.3 Å².